The van der Waals surface area contributed by atoms with Gasteiger partial charge in [-0.05, 0) is 39.9 Å². The lowest BCUT2D eigenvalue weighted by Gasteiger charge is -2.49. The second kappa shape index (κ2) is 7.63. The van der Waals surface area contributed by atoms with Gasteiger partial charge in [0.05, 0.1) is 25.3 Å². The fourth-order valence-electron chi connectivity index (χ4n) is 3.67. The maximum absolute atomic E-state index is 12.3. The molecule has 0 bridgehead atoms. The number of morpholine rings is 1. The van der Waals surface area contributed by atoms with Crippen molar-refractivity contribution in [1.29, 1.82) is 0 Å². The quantitative estimate of drug-likeness (QED) is 0.841. The van der Waals surface area contributed by atoms with Gasteiger partial charge in [0.2, 0.25) is 5.91 Å². The summed E-state index contributed by atoms with van der Waals surface area (Å²) in [5.74, 6) is 0.743. The van der Waals surface area contributed by atoms with Crippen LogP contribution in [0.1, 0.15) is 24.3 Å². The number of rotatable bonds is 5. The molecule has 2 saturated heterocycles. The zero-order valence-corrected chi connectivity index (χ0v) is 14.7. The first kappa shape index (κ1) is 17.4. The minimum Gasteiger partial charge on any atom is -0.379 e. The monoisotopic (exact) mass is 336 g/mol. The van der Waals surface area contributed by atoms with Gasteiger partial charge in [-0.1, -0.05) is 5.16 Å². The number of nitrogens with zero attached hydrogens (tertiary/aromatic N) is 3. The molecule has 2 fully saturated rings. The molecule has 7 nitrogen and oxygen atoms in total. The lowest BCUT2D eigenvalue weighted by atomic mass is 9.85. The van der Waals surface area contributed by atoms with Gasteiger partial charge in [0.1, 0.15) is 5.76 Å². The average molecular weight is 336 g/mol. The van der Waals surface area contributed by atoms with Crippen molar-refractivity contribution in [3.8, 4) is 0 Å². The van der Waals surface area contributed by atoms with Crippen molar-refractivity contribution in [2.45, 2.75) is 31.7 Å². The number of aryl methyl sites for hydroxylation is 1. The topological polar surface area (TPSA) is 70.8 Å². The molecule has 2 aliphatic heterocycles. The van der Waals surface area contributed by atoms with Gasteiger partial charge in [-0.25, -0.2) is 0 Å². The zero-order chi connectivity index (χ0) is 17.0. The van der Waals surface area contributed by atoms with Crippen LogP contribution in [-0.4, -0.2) is 79.4 Å². The van der Waals surface area contributed by atoms with Crippen LogP contribution in [0.2, 0.25) is 0 Å². The molecule has 1 aromatic heterocycles. The summed E-state index contributed by atoms with van der Waals surface area (Å²) in [7, 11) is 2.16. The Bertz CT molecular complexity index is 546. The Hall–Kier alpha value is -1.44. The van der Waals surface area contributed by atoms with E-state index in [0.717, 1.165) is 58.0 Å². The number of aromatic nitrogens is 1. The van der Waals surface area contributed by atoms with Crippen molar-refractivity contribution < 1.29 is 14.1 Å². The number of nitrogens with one attached hydrogen (secondary N) is 1. The second-order valence-electron chi connectivity index (χ2n) is 7.01. The average Bonchev–Trinajstić information content (AvgIpc) is 3.00. The third kappa shape index (κ3) is 4.15. The molecule has 3 rings (SSSR count). The minimum absolute atomic E-state index is 0.00913. The lowest BCUT2D eigenvalue weighted by Crippen LogP contribution is -2.62. The van der Waals surface area contributed by atoms with Crippen molar-refractivity contribution >= 4 is 5.91 Å². The van der Waals surface area contributed by atoms with Crippen LogP contribution in [0.15, 0.2) is 10.6 Å². The Balaban J connectivity index is 1.60. The van der Waals surface area contributed by atoms with Gasteiger partial charge in [-0.2, -0.15) is 0 Å². The summed E-state index contributed by atoms with van der Waals surface area (Å²) < 4.78 is 10.5. The molecule has 24 heavy (non-hydrogen) atoms. The molecular weight excluding hydrogens is 308 g/mol. The van der Waals surface area contributed by atoms with Crippen molar-refractivity contribution in [2.24, 2.45) is 0 Å². The summed E-state index contributed by atoms with van der Waals surface area (Å²) in [6.45, 7) is 8.11. The maximum atomic E-state index is 12.3. The summed E-state index contributed by atoms with van der Waals surface area (Å²) in [6.07, 6.45) is 2.43. The maximum Gasteiger partial charge on any atom is 0.226 e. The smallest absolute Gasteiger partial charge is 0.226 e. The van der Waals surface area contributed by atoms with Crippen LogP contribution >= 0.6 is 0 Å². The van der Waals surface area contributed by atoms with E-state index < -0.39 is 0 Å². The molecular formula is C17H28N4O3. The number of hydrogen-bond acceptors (Lipinski definition) is 6. The third-order valence-corrected chi connectivity index (χ3v) is 5.23. The number of piperidine rings is 1. The van der Waals surface area contributed by atoms with E-state index in [1.807, 2.05) is 13.0 Å². The van der Waals surface area contributed by atoms with E-state index in [0.29, 0.717) is 12.2 Å². The van der Waals surface area contributed by atoms with Crippen LogP contribution in [0.5, 0.6) is 0 Å². The van der Waals surface area contributed by atoms with Gasteiger partial charge in [0.25, 0.3) is 0 Å². The molecule has 1 amide bonds. The molecule has 1 N–H and O–H groups in total. The first-order valence-electron chi connectivity index (χ1n) is 8.78. The Morgan fingerprint density at radius 3 is 2.62 bits per heavy atom. The number of amides is 1. The Morgan fingerprint density at radius 1 is 1.29 bits per heavy atom. The van der Waals surface area contributed by atoms with Gasteiger partial charge >= 0.3 is 0 Å². The molecule has 0 unspecified atom stereocenters. The highest BCUT2D eigenvalue weighted by Crippen LogP contribution is 2.29. The van der Waals surface area contributed by atoms with E-state index in [2.05, 4.69) is 27.3 Å². The van der Waals surface area contributed by atoms with Crippen LogP contribution in [0.3, 0.4) is 0 Å². The van der Waals surface area contributed by atoms with Crippen molar-refractivity contribution in [3.63, 3.8) is 0 Å². The molecule has 7 heteroatoms. The van der Waals surface area contributed by atoms with Gasteiger partial charge in [0.15, 0.2) is 0 Å². The van der Waals surface area contributed by atoms with E-state index in [1.165, 1.54) is 0 Å². The predicted molar refractivity (Wildman–Crippen MR) is 89.8 cm³/mol. The molecule has 0 atom stereocenters. The van der Waals surface area contributed by atoms with Crippen LogP contribution in [-0.2, 0) is 16.0 Å². The molecule has 134 valence electrons. The van der Waals surface area contributed by atoms with Gasteiger partial charge in [-0.3, -0.25) is 9.69 Å². The second-order valence-corrected chi connectivity index (χ2v) is 7.01. The number of carbonyl (C=O) groups excluding carboxylic acids is 1. The normalized spacial score (nSPS) is 22.4. The third-order valence-electron chi connectivity index (χ3n) is 5.23. The molecule has 3 heterocycles. The highest BCUT2D eigenvalue weighted by molar-refractivity contribution is 5.78. The standard InChI is InChI=1S/C17H28N4O3/c1-14-11-15(19-24-14)12-16(22)18-13-17(3-5-20(2)6-4-17)21-7-9-23-10-8-21/h11H,3-10,12-13H2,1-2H3,(H,18,22). The van der Waals surface area contributed by atoms with E-state index in [-0.39, 0.29) is 17.9 Å². The summed E-state index contributed by atoms with van der Waals surface area (Å²) >= 11 is 0. The number of hydrogen-bond donors (Lipinski definition) is 1. The van der Waals surface area contributed by atoms with Crippen LogP contribution < -0.4 is 5.32 Å². The SMILES string of the molecule is Cc1cc(CC(=O)NCC2(N3CCOCC3)CCN(C)CC2)no1. The van der Waals surface area contributed by atoms with Crippen molar-refractivity contribution in [1.82, 2.24) is 20.3 Å². The molecule has 0 aromatic carbocycles. The predicted octanol–water partition coefficient (Wildman–Crippen LogP) is 0.438. The Kier molecular flexibility index (Phi) is 5.53. The lowest BCUT2D eigenvalue weighted by molar-refractivity contribution is -0.122. The molecule has 0 spiro atoms. The summed E-state index contributed by atoms with van der Waals surface area (Å²) in [5.41, 5.74) is 0.736. The highest BCUT2D eigenvalue weighted by atomic mass is 16.5. The molecule has 2 aliphatic rings. The summed E-state index contributed by atoms with van der Waals surface area (Å²) in [5, 5.41) is 7.04. The Labute approximate surface area is 143 Å². The van der Waals surface area contributed by atoms with E-state index in [1.54, 1.807) is 0 Å². The minimum atomic E-state index is 0.00913. The van der Waals surface area contributed by atoms with E-state index in [9.17, 15) is 4.79 Å². The molecule has 0 saturated carbocycles. The van der Waals surface area contributed by atoms with Gasteiger partial charge in [0, 0.05) is 31.2 Å². The first-order valence-corrected chi connectivity index (χ1v) is 8.78. The van der Waals surface area contributed by atoms with Gasteiger partial charge in [-0.15, -0.1) is 0 Å². The fourth-order valence-corrected chi connectivity index (χ4v) is 3.67. The van der Waals surface area contributed by atoms with Crippen LogP contribution in [0.4, 0.5) is 0 Å². The molecule has 0 radical (unpaired) electrons. The Morgan fingerprint density at radius 2 is 2.00 bits per heavy atom. The molecule has 1 aromatic rings. The molecule has 0 aliphatic carbocycles. The number of likely N-dealkylation sites (tertiary alicyclic amines) is 1. The highest BCUT2D eigenvalue weighted by Gasteiger charge is 2.40. The number of carbonyl (C=O) groups is 1. The van der Waals surface area contributed by atoms with Gasteiger partial charge < -0.3 is 19.5 Å². The summed E-state index contributed by atoms with van der Waals surface area (Å²) in [4.78, 5) is 17.2. The van der Waals surface area contributed by atoms with Crippen molar-refractivity contribution in [3.05, 3.63) is 17.5 Å². The van der Waals surface area contributed by atoms with Crippen LogP contribution in [0.25, 0.3) is 0 Å². The fraction of sp³-hybridized carbons (Fsp3) is 0.765. The largest absolute Gasteiger partial charge is 0.379 e. The zero-order valence-electron chi connectivity index (χ0n) is 14.7. The first-order chi connectivity index (χ1) is 11.6. The van der Waals surface area contributed by atoms with E-state index >= 15 is 0 Å². The van der Waals surface area contributed by atoms with E-state index in [4.69, 9.17) is 9.26 Å². The number of ether oxygens (including phenoxy) is 1. The van der Waals surface area contributed by atoms with Crippen molar-refractivity contribution in [2.75, 3.05) is 53.0 Å². The summed E-state index contributed by atoms with van der Waals surface area (Å²) in [6, 6.07) is 1.81. The van der Waals surface area contributed by atoms with Crippen LogP contribution in [0, 0.1) is 6.92 Å².